The molecular formula is C15H19Cl2O6Rh. The van der Waals surface area contributed by atoms with E-state index in [1.807, 2.05) is 0 Å². The maximum absolute atomic E-state index is 10.2. The van der Waals surface area contributed by atoms with Gasteiger partial charge in [0, 0.05) is 34.7 Å². The van der Waals surface area contributed by atoms with Crippen LogP contribution in [0.15, 0.2) is 0 Å². The van der Waals surface area contributed by atoms with Crippen LogP contribution in [0.3, 0.4) is 0 Å². The molecule has 0 aliphatic heterocycles. The van der Waals surface area contributed by atoms with E-state index in [1.165, 1.54) is 41.5 Å². The first-order chi connectivity index (χ1) is 10.2. The Balaban J connectivity index is -0.000000123. The average molecular weight is 469 g/mol. The Morgan fingerprint density at radius 2 is 0.750 bits per heavy atom. The van der Waals surface area contributed by atoms with Gasteiger partial charge in [0.2, 0.25) is 0 Å². The maximum Gasteiger partial charge on any atom is 3.00 e. The molecule has 0 amide bonds. The van der Waals surface area contributed by atoms with E-state index in [4.69, 9.17) is 23.2 Å². The van der Waals surface area contributed by atoms with Gasteiger partial charge in [0.1, 0.15) is 0 Å². The Hall–Kier alpha value is -1.17. The number of hydrogen-bond donors (Lipinski definition) is 0. The quantitative estimate of drug-likeness (QED) is 0.336. The molecule has 0 aromatic carbocycles. The summed E-state index contributed by atoms with van der Waals surface area (Å²) in [6.45, 7) is 7.71. The Labute approximate surface area is 164 Å². The number of ketones is 6. The molecule has 0 unspecified atom stereocenters. The number of halogens is 2. The van der Waals surface area contributed by atoms with Crippen LogP contribution in [0, 0.1) is 17.2 Å². The number of carbonyl (C=O) groups excluding carboxylic acids is 6. The predicted molar refractivity (Wildman–Crippen MR) is 86.6 cm³/mol. The Kier molecular flexibility index (Phi) is 21.3. The van der Waals surface area contributed by atoms with Gasteiger partial charge in [-0.2, -0.15) is 10.8 Å². The van der Waals surface area contributed by atoms with Crippen molar-refractivity contribution in [2.24, 2.45) is 0 Å². The van der Waals surface area contributed by atoms with Crippen molar-refractivity contribution >= 4 is 57.9 Å². The predicted octanol–water partition coefficient (Wildman–Crippen LogP) is 2.24. The molecular weight excluding hydrogens is 450 g/mol. The van der Waals surface area contributed by atoms with Crippen molar-refractivity contribution in [2.45, 2.75) is 41.5 Å². The molecule has 0 saturated heterocycles. The van der Waals surface area contributed by atoms with Crippen LogP contribution in [-0.4, -0.2) is 34.7 Å². The van der Waals surface area contributed by atoms with Gasteiger partial charge in [-0.1, -0.05) is 0 Å². The molecule has 24 heavy (non-hydrogen) atoms. The summed E-state index contributed by atoms with van der Waals surface area (Å²) in [6, 6.07) is 0. The smallest absolute Gasteiger partial charge is 0.334 e. The van der Waals surface area contributed by atoms with E-state index >= 15 is 0 Å². The molecule has 0 aromatic rings. The van der Waals surface area contributed by atoms with Crippen LogP contribution in [0.4, 0.5) is 0 Å². The van der Waals surface area contributed by atoms with Gasteiger partial charge >= 0.3 is 19.5 Å². The van der Waals surface area contributed by atoms with Crippen molar-refractivity contribution in [1.29, 1.82) is 0 Å². The van der Waals surface area contributed by atoms with Crippen LogP contribution in [0.2, 0.25) is 0 Å². The molecule has 0 aliphatic rings. The van der Waals surface area contributed by atoms with E-state index in [0.717, 1.165) is 6.42 Å². The van der Waals surface area contributed by atoms with Crippen molar-refractivity contribution in [3.8, 4) is 0 Å². The second-order valence-corrected chi connectivity index (χ2v) is 4.97. The fraction of sp³-hybridized carbons (Fsp3) is 0.400. The summed E-state index contributed by atoms with van der Waals surface area (Å²) < 4.78 is 0. The summed E-state index contributed by atoms with van der Waals surface area (Å²) >= 11 is 10.3. The van der Waals surface area contributed by atoms with E-state index in [-0.39, 0.29) is 64.9 Å². The zero-order valence-corrected chi connectivity index (χ0v) is 17.3. The number of rotatable bonds is 6. The molecule has 0 N–H and O–H groups in total. The van der Waals surface area contributed by atoms with Gasteiger partial charge in [-0.25, -0.2) is 0 Å². The summed E-state index contributed by atoms with van der Waals surface area (Å²) in [4.78, 5) is 60.7. The molecule has 0 radical (unpaired) electrons. The Morgan fingerprint density at radius 1 is 0.583 bits per heavy atom. The van der Waals surface area contributed by atoms with Crippen LogP contribution in [0.5, 0.6) is 0 Å². The van der Waals surface area contributed by atoms with Crippen LogP contribution in [0.25, 0.3) is 0 Å². The van der Waals surface area contributed by atoms with Crippen LogP contribution >= 0.6 is 23.2 Å². The fourth-order valence-electron chi connectivity index (χ4n) is 0.782. The van der Waals surface area contributed by atoms with Crippen molar-refractivity contribution in [3.63, 3.8) is 0 Å². The molecule has 0 atom stereocenters. The van der Waals surface area contributed by atoms with E-state index in [9.17, 15) is 28.8 Å². The fourth-order valence-corrected chi connectivity index (χ4v) is 0.782. The largest absolute Gasteiger partial charge is 3.00 e. The molecule has 0 rings (SSSR count). The summed E-state index contributed by atoms with van der Waals surface area (Å²) in [5.41, 5.74) is 0. The topological polar surface area (TPSA) is 102 Å². The van der Waals surface area contributed by atoms with Gasteiger partial charge < -0.3 is 52.0 Å². The number of Topliss-reactive ketones (excluding diaryl/α,β-unsaturated/α-hetero) is 6. The Bertz CT molecular complexity index is 407. The molecule has 0 saturated carbocycles. The van der Waals surface area contributed by atoms with Crippen LogP contribution in [-0.2, 0) is 48.2 Å². The number of hydrogen-bond acceptors (Lipinski definition) is 6. The zero-order chi connectivity index (χ0) is 19.3. The molecule has 6 nitrogen and oxygen atoms in total. The van der Waals surface area contributed by atoms with E-state index in [1.54, 1.807) is 0 Å². The second kappa shape index (κ2) is 16.7. The van der Waals surface area contributed by atoms with E-state index in [2.05, 4.69) is 0 Å². The van der Waals surface area contributed by atoms with Gasteiger partial charge in [0.15, 0.2) is 0 Å². The van der Waals surface area contributed by atoms with Crippen LogP contribution < -0.4 is 0 Å². The molecule has 0 aromatic heterocycles. The average Bonchev–Trinajstić information content (AvgIpc) is 2.36. The third kappa shape index (κ3) is 23.1. The molecule has 9 heteroatoms. The molecule has 0 bridgehead atoms. The summed E-state index contributed by atoms with van der Waals surface area (Å²) in [5.74, 6) is -1.88. The van der Waals surface area contributed by atoms with Gasteiger partial charge in [0.25, 0.3) is 0 Å². The molecule has 0 fully saturated rings. The first-order valence-corrected chi connectivity index (χ1v) is 6.94. The normalized spacial score (nSPS) is 7.83. The van der Waals surface area contributed by atoms with Crippen molar-refractivity contribution in [1.82, 2.24) is 0 Å². The van der Waals surface area contributed by atoms with E-state index in [0.29, 0.717) is 0 Å². The van der Waals surface area contributed by atoms with Crippen molar-refractivity contribution in [2.75, 3.05) is 0 Å². The monoisotopic (exact) mass is 468 g/mol. The summed E-state index contributed by atoms with van der Waals surface area (Å²) in [7, 11) is 0. The van der Waals surface area contributed by atoms with Gasteiger partial charge in [-0.05, 0) is 41.5 Å². The molecule has 0 spiro atoms. The standard InChI is InChI=1S/2C5H6ClO2.C5H7O2.Rh/c2*1-3(7)5(6)4(2)8;1-4(6)3-5(2)7;/h2*1-2H3;3H,1-2H3;/q3*-1;+3. The molecule has 0 heterocycles. The minimum absolute atomic E-state index is 0. The molecule has 0 aliphatic carbocycles. The van der Waals surface area contributed by atoms with Crippen LogP contribution in [0.1, 0.15) is 41.5 Å². The molecule has 138 valence electrons. The summed E-state index contributed by atoms with van der Waals surface area (Å²) in [6.07, 6.45) is 1.06. The SMILES string of the molecule is CC(=O)[C-](Cl)C(C)=O.CC(=O)[C-](Cl)C(C)=O.CC(=O)[CH-]C(C)=O.[Rh+3]. The van der Waals surface area contributed by atoms with Crippen molar-refractivity contribution < 1.29 is 48.2 Å². The summed E-state index contributed by atoms with van der Waals surface area (Å²) in [5, 5.41) is -0.407. The van der Waals surface area contributed by atoms with Crippen molar-refractivity contribution in [3.05, 3.63) is 17.2 Å². The first-order valence-electron chi connectivity index (χ1n) is 6.18. The zero-order valence-electron chi connectivity index (χ0n) is 14.1. The van der Waals surface area contributed by atoms with E-state index < -0.39 is 0 Å². The second-order valence-electron chi connectivity index (χ2n) is 4.22. The Morgan fingerprint density at radius 3 is 0.750 bits per heavy atom. The van der Waals surface area contributed by atoms with Gasteiger partial charge in [-0.15, -0.1) is 0 Å². The van der Waals surface area contributed by atoms with Gasteiger partial charge in [-0.3, -0.25) is 6.42 Å². The third-order valence-electron chi connectivity index (χ3n) is 1.64. The minimum Gasteiger partial charge on any atom is -0.334 e. The maximum atomic E-state index is 10.2. The van der Waals surface area contributed by atoms with Gasteiger partial charge in [0.05, 0.1) is 0 Å². The minimum atomic E-state index is -0.376. The first kappa shape index (κ1) is 30.7. The number of carbonyl (C=O) groups is 6. The third-order valence-corrected chi connectivity index (χ3v) is 2.71.